The van der Waals surface area contributed by atoms with Gasteiger partial charge in [0.15, 0.2) is 0 Å². The van der Waals surface area contributed by atoms with Crippen LogP contribution in [0.25, 0.3) is 0 Å². The van der Waals surface area contributed by atoms with E-state index in [1.165, 1.54) is 6.33 Å². The first-order chi connectivity index (χ1) is 8.38. The number of anilines is 1. The first-order valence-electron chi connectivity index (χ1n) is 5.34. The second-order valence-electron chi connectivity index (χ2n) is 3.24. The molecule has 0 spiro atoms. The molecule has 2 heterocycles. The van der Waals surface area contributed by atoms with Crippen LogP contribution in [0.3, 0.4) is 0 Å². The summed E-state index contributed by atoms with van der Waals surface area (Å²) in [5.74, 6) is 1.26. The minimum absolute atomic E-state index is 0.559. The molecule has 2 rings (SSSR count). The lowest BCUT2D eigenvalue weighted by Gasteiger charge is -2.06. The summed E-state index contributed by atoms with van der Waals surface area (Å²) in [6.45, 7) is 3.06. The topological polar surface area (TPSA) is 72.8 Å². The zero-order chi connectivity index (χ0) is 11.9. The second kappa shape index (κ2) is 5.74. The van der Waals surface area contributed by atoms with Crippen molar-refractivity contribution in [3.05, 3.63) is 36.4 Å². The quantitative estimate of drug-likeness (QED) is 0.835. The largest absolute Gasteiger partial charge is 0.478 e. The van der Waals surface area contributed by atoms with E-state index in [9.17, 15) is 0 Å². The maximum atomic E-state index is 5.28. The van der Waals surface area contributed by atoms with Gasteiger partial charge in [0.05, 0.1) is 18.8 Å². The van der Waals surface area contributed by atoms with Gasteiger partial charge in [-0.1, -0.05) is 0 Å². The Hall–Kier alpha value is -2.24. The van der Waals surface area contributed by atoms with Crippen molar-refractivity contribution >= 4 is 5.82 Å². The van der Waals surface area contributed by atoms with Gasteiger partial charge in [0.25, 0.3) is 0 Å². The van der Waals surface area contributed by atoms with E-state index in [0.29, 0.717) is 24.8 Å². The van der Waals surface area contributed by atoms with Crippen LogP contribution in [0.4, 0.5) is 5.82 Å². The number of hydrogen-bond acceptors (Lipinski definition) is 6. The lowest BCUT2D eigenvalue weighted by atomic mass is 10.4. The van der Waals surface area contributed by atoms with Crippen molar-refractivity contribution in [1.29, 1.82) is 0 Å². The minimum atomic E-state index is 0.559. The van der Waals surface area contributed by atoms with Gasteiger partial charge in [-0.2, -0.15) is 10.2 Å². The molecule has 2 aromatic rings. The Morgan fingerprint density at radius 2 is 2.29 bits per heavy atom. The Kier molecular flexibility index (Phi) is 3.80. The molecule has 0 unspecified atom stereocenters. The van der Waals surface area contributed by atoms with Gasteiger partial charge in [0, 0.05) is 12.3 Å². The standard InChI is InChI=1S/C11H13N5O/c1-2-17-11-6-10(13-8-14-11)12-7-9-4-3-5-15-16-9/h3-6,8H,2,7H2,1H3,(H,12,13,14). The smallest absolute Gasteiger partial charge is 0.218 e. The third-order valence-electron chi connectivity index (χ3n) is 2.01. The molecule has 0 aliphatic rings. The molecule has 0 fully saturated rings. The average molecular weight is 231 g/mol. The van der Waals surface area contributed by atoms with Gasteiger partial charge >= 0.3 is 0 Å². The van der Waals surface area contributed by atoms with Gasteiger partial charge < -0.3 is 10.1 Å². The Morgan fingerprint density at radius 3 is 3.06 bits per heavy atom. The fourth-order valence-electron chi connectivity index (χ4n) is 1.27. The van der Waals surface area contributed by atoms with Crippen molar-refractivity contribution in [2.45, 2.75) is 13.5 Å². The molecule has 1 N–H and O–H groups in total. The van der Waals surface area contributed by atoms with E-state index in [2.05, 4.69) is 25.5 Å². The molecule has 2 aromatic heterocycles. The molecule has 0 bridgehead atoms. The lowest BCUT2D eigenvalue weighted by Crippen LogP contribution is -2.04. The first-order valence-corrected chi connectivity index (χ1v) is 5.34. The Labute approximate surface area is 99.1 Å². The van der Waals surface area contributed by atoms with Crippen LogP contribution in [0.15, 0.2) is 30.7 Å². The molecule has 0 atom stereocenters. The third-order valence-corrected chi connectivity index (χ3v) is 2.01. The molecule has 6 nitrogen and oxygen atoms in total. The number of nitrogens with one attached hydrogen (secondary N) is 1. The van der Waals surface area contributed by atoms with Gasteiger partial charge in [-0.3, -0.25) is 0 Å². The predicted molar refractivity (Wildman–Crippen MR) is 62.6 cm³/mol. The van der Waals surface area contributed by atoms with Gasteiger partial charge in [0.2, 0.25) is 5.88 Å². The summed E-state index contributed by atoms with van der Waals surface area (Å²) in [6.07, 6.45) is 3.10. The van der Waals surface area contributed by atoms with E-state index in [1.807, 2.05) is 19.1 Å². The number of hydrogen-bond donors (Lipinski definition) is 1. The van der Waals surface area contributed by atoms with Crippen molar-refractivity contribution in [2.75, 3.05) is 11.9 Å². The van der Waals surface area contributed by atoms with E-state index in [1.54, 1.807) is 12.3 Å². The van der Waals surface area contributed by atoms with Crippen molar-refractivity contribution in [3.8, 4) is 5.88 Å². The second-order valence-corrected chi connectivity index (χ2v) is 3.24. The zero-order valence-corrected chi connectivity index (χ0v) is 9.50. The summed E-state index contributed by atoms with van der Waals surface area (Å²) < 4.78 is 5.28. The number of nitrogens with zero attached hydrogens (tertiary/aromatic N) is 4. The zero-order valence-electron chi connectivity index (χ0n) is 9.50. The molecule has 0 saturated heterocycles. The minimum Gasteiger partial charge on any atom is -0.478 e. The van der Waals surface area contributed by atoms with Gasteiger partial charge in [-0.05, 0) is 19.1 Å². The average Bonchev–Trinajstić information content (AvgIpc) is 2.39. The van der Waals surface area contributed by atoms with Crippen molar-refractivity contribution in [1.82, 2.24) is 20.2 Å². The van der Waals surface area contributed by atoms with Crippen LogP contribution in [0.2, 0.25) is 0 Å². The van der Waals surface area contributed by atoms with Crippen LogP contribution in [0.5, 0.6) is 5.88 Å². The molecule has 17 heavy (non-hydrogen) atoms. The Morgan fingerprint density at radius 1 is 1.35 bits per heavy atom. The molecule has 88 valence electrons. The summed E-state index contributed by atoms with van der Waals surface area (Å²) in [6, 6.07) is 5.49. The predicted octanol–water partition coefficient (Wildman–Crippen LogP) is 1.28. The fourth-order valence-corrected chi connectivity index (χ4v) is 1.27. The molecule has 0 aliphatic carbocycles. The van der Waals surface area contributed by atoms with Crippen LogP contribution >= 0.6 is 0 Å². The monoisotopic (exact) mass is 231 g/mol. The van der Waals surface area contributed by atoms with E-state index >= 15 is 0 Å². The molecule has 6 heteroatoms. The van der Waals surface area contributed by atoms with E-state index in [-0.39, 0.29) is 0 Å². The third kappa shape index (κ3) is 3.37. The molecule has 0 aliphatic heterocycles. The maximum absolute atomic E-state index is 5.28. The van der Waals surface area contributed by atoms with E-state index in [4.69, 9.17) is 4.74 Å². The van der Waals surface area contributed by atoms with Gasteiger partial charge in [-0.25, -0.2) is 9.97 Å². The molecule has 0 saturated carbocycles. The van der Waals surface area contributed by atoms with Crippen LogP contribution in [0.1, 0.15) is 12.6 Å². The summed E-state index contributed by atoms with van der Waals surface area (Å²) >= 11 is 0. The van der Waals surface area contributed by atoms with Gasteiger partial charge in [-0.15, -0.1) is 0 Å². The SMILES string of the molecule is CCOc1cc(NCc2cccnn2)ncn1. The molecule has 0 aromatic carbocycles. The van der Waals surface area contributed by atoms with Crippen molar-refractivity contribution in [3.63, 3.8) is 0 Å². The number of aromatic nitrogens is 4. The summed E-state index contributed by atoms with van der Waals surface area (Å²) in [5, 5.41) is 10.9. The summed E-state index contributed by atoms with van der Waals surface area (Å²) in [4.78, 5) is 8.07. The first kappa shape index (κ1) is 11.3. The molecule has 0 amide bonds. The van der Waals surface area contributed by atoms with Gasteiger partial charge in [0.1, 0.15) is 12.1 Å². The van der Waals surface area contributed by atoms with Crippen LogP contribution in [0, 0.1) is 0 Å². The summed E-state index contributed by atoms with van der Waals surface area (Å²) in [7, 11) is 0. The highest BCUT2D eigenvalue weighted by Crippen LogP contribution is 2.11. The van der Waals surface area contributed by atoms with Crippen LogP contribution in [-0.4, -0.2) is 26.8 Å². The highest BCUT2D eigenvalue weighted by Gasteiger charge is 1.99. The van der Waals surface area contributed by atoms with Crippen LogP contribution < -0.4 is 10.1 Å². The normalized spacial score (nSPS) is 9.94. The van der Waals surface area contributed by atoms with E-state index in [0.717, 1.165) is 5.69 Å². The number of ether oxygens (including phenoxy) is 1. The maximum Gasteiger partial charge on any atom is 0.218 e. The lowest BCUT2D eigenvalue weighted by molar-refractivity contribution is 0.326. The Balaban J connectivity index is 1.97. The van der Waals surface area contributed by atoms with E-state index < -0.39 is 0 Å². The summed E-state index contributed by atoms with van der Waals surface area (Å²) in [5.41, 5.74) is 0.851. The molecular weight excluding hydrogens is 218 g/mol. The van der Waals surface area contributed by atoms with Crippen molar-refractivity contribution < 1.29 is 4.74 Å². The molecule has 0 radical (unpaired) electrons. The van der Waals surface area contributed by atoms with Crippen LogP contribution in [-0.2, 0) is 6.54 Å². The highest BCUT2D eigenvalue weighted by atomic mass is 16.5. The Bertz CT molecular complexity index is 462. The number of rotatable bonds is 5. The van der Waals surface area contributed by atoms with Crippen molar-refractivity contribution in [2.24, 2.45) is 0 Å². The molecular formula is C11H13N5O. The highest BCUT2D eigenvalue weighted by molar-refractivity contribution is 5.37. The fraction of sp³-hybridized carbons (Fsp3) is 0.273.